The van der Waals surface area contributed by atoms with E-state index in [0.717, 1.165) is 87.8 Å². The molecule has 70 heavy (non-hydrogen) atoms. The molecule has 9 aromatic carbocycles. The van der Waals surface area contributed by atoms with Crippen LogP contribution in [0.2, 0.25) is 0 Å². The topological polar surface area (TPSA) is 85.5 Å². The highest BCUT2D eigenvalue weighted by Gasteiger charge is 2.25. The number of hydrogen-bond acceptors (Lipinski definition) is 5. The van der Waals surface area contributed by atoms with Crippen molar-refractivity contribution in [1.29, 1.82) is 5.26 Å². The van der Waals surface area contributed by atoms with Gasteiger partial charge >= 0.3 is 0 Å². The summed E-state index contributed by atoms with van der Waals surface area (Å²) in [4.78, 5) is 15.5. The Hall–Kier alpha value is -8.80. The van der Waals surface area contributed by atoms with Crippen LogP contribution in [-0.4, -0.2) is 63.3 Å². The van der Waals surface area contributed by atoms with Gasteiger partial charge in [-0.05, 0) is 71.8 Å². The monoisotopic (exact) mass is 880 g/mol. The van der Waals surface area contributed by atoms with E-state index in [1.165, 1.54) is 0 Å². The number of aromatic nitrogens is 5. The highest BCUT2D eigenvalue weighted by Crippen LogP contribution is 2.43. The molecule has 0 saturated carbocycles. The number of benzene rings is 9. The van der Waals surface area contributed by atoms with Crippen LogP contribution in [0.4, 0.5) is 0 Å². The van der Waals surface area contributed by atoms with Crippen molar-refractivity contribution >= 4 is 132 Å². The summed E-state index contributed by atoms with van der Waals surface area (Å²) < 4.78 is 10.4. The normalized spacial score (nSPS) is 11.7. The smallest absolute Gasteiger partial charge is 0.164 e. The molecule has 0 atom stereocenters. The van der Waals surface area contributed by atoms with Crippen LogP contribution < -0.4 is 27.3 Å². The van der Waals surface area contributed by atoms with E-state index in [-0.39, 0.29) is 27.3 Å². The zero-order valence-corrected chi connectivity index (χ0v) is 37.2. The molecule has 0 spiro atoms. The molecule has 12 heteroatoms. The van der Waals surface area contributed by atoms with Crippen molar-refractivity contribution in [2.45, 2.75) is 0 Å². The lowest BCUT2D eigenvalue weighted by molar-refractivity contribution is 0.669. The van der Waals surface area contributed by atoms with E-state index in [4.69, 9.17) is 58.6 Å². The fraction of sp³-hybridized carbons (Fsp3) is 0. The fourth-order valence-electron chi connectivity index (χ4n) is 10.2. The lowest BCUT2D eigenvalue weighted by Gasteiger charge is -2.23. The first-order valence-corrected chi connectivity index (χ1v) is 22.6. The van der Waals surface area contributed by atoms with Gasteiger partial charge in [0.05, 0.1) is 33.3 Å². The van der Waals surface area contributed by atoms with Crippen molar-refractivity contribution in [2.75, 3.05) is 0 Å². The van der Waals surface area contributed by atoms with Crippen molar-refractivity contribution in [3.05, 3.63) is 181 Å². The number of nitriles is 1. The van der Waals surface area contributed by atoms with Crippen LogP contribution in [0.15, 0.2) is 180 Å². The molecule has 13 rings (SSSR count). The minimum Gasteiger partial charge on any atom is -0.456 e. The van der Waals surface area contributed by atoms with Gasteiger partial charge in [0, 0.05) is 54.7 Å². The Morgan fingerprint density at radius 2 is 0.986 bits per heavy atom. The third kappa shape index (κ3) is 6.18. The first kappa shape index (κ1) is 41.4. The molecule has 0 fully saturated rings. The van der Waals surface area contributed by atoms with Gasteiger partial charge in [-0.3, -0.25) is 0 Å². The summed E-state index contributed by atoms with van der Waals surface area (Å²) in [5.74, 6) is 1.38. The van der Waals surface area contributed by atoms with Crippen LogP contribution in [0, 0.1) is 11.3 Å². The first-order chi connectivity index (χ1) is 34.3. The molecule has 0 aliphatic rings. The Morgan fingerprint density at radius 1 is 0.414 bits per heavy atom. The average Bonchev–Trinajstić information content (AvgIpc) is 4.07. The number of hydrogen-bond donors (Lipinski definition) is 0. The van der Waals surface area contributed by atoms with Gasteiger partial charge in [-0.25, -0.2) is 15.0 Å². The Bertz CT molecular complexity index is 4370. The SMILES string of the molecule is [B]c1c([B])c([B])c(-n2c3ccccc3c3c2ccc2c4ccccc4n(-c4ccc(-c5nc(-c6ccc7oc8ccccc8c7c6)nc(-c6ccccc6-c6ccccc6)n5)cc4C#N)c23)c([B])c1[B]. The highest BCUT2D eigenvalue weighted by molar-refractivity contribution is 6.68. The van der Waals surface area contributed by atoms with Gasteiger partial charge in [0.2, 0.25) is 0 Å². The Kier molecular flexibility index (Phi) is 9.40. The third-order valence-electron chi connectivity index (χ3n) is 13.5. The molecule has 4 heterocycles. The zero-order valence-electron chi connectivity index (χ0n) is 37.2. The largest absolute Gasteiger partial charge is 0.456 e. The molecule has 0 saturated heterocycles. The minimum absolute atomic E-state index is 0.139. The maximum atomic E-state index is 11.2. The van der Waals surface area contributed by atoms with Crippen LogP contribution in [0.25, 0.3) is 122 Å². The van der Waals surface area contributed by atoms with Crippen molar-refractivity contribution in [1.82, 2.24) is 24.1 Å². The summed E-state index contributed by atoms with van der Waals surface area (Å²) in [7, 11) is 32.7. The second-order valence-corrected chi connectivity index (χ2v) is 17.3. The Morgan fingerprint density at radius 3 is 1.73 bits per heavy atom. The summed E-state index contributed by atoms with van der Waals surface area (Å²) in [6, 6.07) is 61.0. The van der Waals surface area contributed by atoms with Crippen LogP contribution in [0.3, 0.4) is 0 Å². The highest BCUT2D eigenvalue weighted by atomic mass is 16.3. The molecular formula is C58H29B5N6O. The van der Waals surface area contributed by atoms with E-state index in [9.17, 15) is 5.26 Å². The van der Waals surface area contributed by atoms with E-state index in [2.05, 4.69) is 71.3 Å². The molecule has 0 amide bonds. The molecular weight excluding hydrogens is 851 g/mol. The van der Waals surface area contributed by atoms with Gasteiger partial charge < -0.3 is 13.6 Å². The summed E-state index contributed by atoms with van der Waals surface area (Å²) >= 11 is 0. The molecule has 0 aliphatic carbocycles. The predicted octanol–water partition coefficient (Wildman–Crippen LogP) is 8.47. The molecule has 0 unspecified atom stereocenters. The van der Waals surface area contributed by atoms with Gasteiger partial charge in [-0.2, -0.15) is 5.26 Å². The van der Waals surface area contributed by atoms with Crippen LogP contribution >= 0.6 is 0 Å². The van der Waals surface area contributed by atoms with Gasteiger partial charge in [0.15, 0.2) is 17.5 Å². The maximum absolute atomic E-state index is 11.2. The van der Waals surface area contributed by atoms with E-state index in [1.807, 2.05) is 120 Å². The van der Waals surface area contributed by atoms with Crippen LogP contribution in [0.5, 0.6) is 0 Å². The second-order valence-electron chi connectivity index (χ2n) is 17.3. The minimum atomic E-state index is 0.139. The fourth-order valence-corrected chi connectivity index (χ4v) is 10.2. The zero-order chi connectivity index (χ0) is 47.4. The molecule has 10 radical (unpaired) electrons. The summed E-state index contributed by atoms with van der Waals surface area (Å²) in [6.07, 6.45) is 0. The van der Waals surface area contributed by atoms with Crippen molar-refractivity contribution < 1.29 is 4.42 Å². The van der Waals surface area contributed by atoms with Crippen LogP contribution in [-0.2, 0) is 0 Å². The van der Waals surface area contributed by atoms with Gasteiger partial charge in [-0.1, -0.05) is 126 Å². The number of furan rings is 1. The molecule has 7 nitrogen and oxygen atoms in total. The number of fused-ring (bicyclic) bond motifs is 10. The quantitative estimate of drug-likeness (QED) is 0.157. The van der Waals surface area contributed by atoms with Crippen molar-refractivity contribution in [3.63, 3.8) is 0 Å². The lowest BCUT2D eigenvalue weighted by atomic mass is 9.61. The third-order valence-corrected chi connectivity index (χ3v) is 13.5. The van der Waals surface area contributed by atoms with E-state index >= 15 is 0 Å². The molecule has 13 aromatic rings. The molecule has 4 aromatic heterocycles. The van der Waals surface area contributed by atoms with Gasteiger partial charge in [0.1, 0.15) is 56.5 Å². The van der Waals surface area contributed by atoms with Gasteiger partial charge in [0.25, 0.3) is 0 Å². The second kappa shape index (κ2) is 15.9. The van der Waals surface area contributed by atoms with Crippen molar-refractivity contribution in [3.8, 4) is 62.7 Å². The Labute approximate surface area is 408 Å². The average molecular weight is 880 g/mol. The maximum Gasteiger partial charge on any atom is 0.164 e. The standard InChI is InChI=1S/C58H29B5N6O/c59-49-50(60)52(62)55(53(63)51(49)61)69-44-20-10-7-18-40(44)48-45(69)26-24-38-36-15-6-9-19-43(36)68(54(38)48)42-25-22-32(28-34(42)30-64)56-65-57(33-23-27-47-41(29-33)37-16-8-11-21-46(37)70-47)67-58(66-56)39-17-5-4-14-35(39)31-12-2-1-3-13-31/h1-29H. The Balaban J connectivity index is 1.05. The van der Waals surface area contributed by atoms with Crippen molar-refractivity contribution in [2.24, 2.45) is 0 Å². The summed E-state index contributed by atoms with van der Waals surface area (Å²) in [6.45, 7) is 0. The number of rotatable bonds is 6. The predicted molar refractivity (Wildman–Crippen MR) is 289 cm³/mol. The lowest BCUT2D eigenvalue weighted by Crippen LogP contribution is -2.56. The van der Waals surface area contributed by atoms with Crippen LogP contribution in [0.1, 0.15) is 5.56 Å². The molecule has 0 N–H and O–H groups in total. The molecule has 312 valence electrons. The number of nitrogens with zero attached hydrogens (tertiary/aromatic N) is 6. The number of para-hydroxylation sites is 3. The van der Waals surface area contributed by atoms with E-state index < -0.39 is 0 Å². The summed E-state index contributed by atoms with van der Waals surface area (Å²) in [5.41, 5.74) is 11.7. The van der Waals surface area contributed by atoms with E-state index in [1.54, 1.807) is 0 Å². The first-order valence-electron chi connectivity index (χ1n) is 22.6. The van der Waals surface area contributed by atoms with E-state index in [0.29, 0.717) is 40.0 Å². The molecule has 0 aliphatic heterocycles. The van der Waals surface area contributed by atoms with Gasteiger partial charge in [-0.15, -0.1) is 16.4 Å². The summed E-state index contributed by atoms with van der Waals surface area (Å²) in [5, 5.41) is 17.0. The molecule has 0 bridgehead atoms.